The smallest absolute Gasteiger partial charge is 0.253 e. The number of ether oxygens (including phenoxy) is 1. The zero-order chi connectivity index (χ0) is 22.6. The highest BCUT2D eigenvalue weighted by Crippen LogP contribution is 2.43. The lowest BCUT2D eigenvalue weighted by atomic mass is 10.0. The van der Waals surface area contributed by atoms with Crippen LogP contribution in [0.1, 0.15) is 5.56 Å². The number of aromatic nitrogens is 3. The van der Waals surface area contributed by atoms with Gasteiger partial charge < -0.3 is 19.1 Å². The Balaban J connectivity index is 1.76. The highest BCUT2D eigenvalue weighted by molar-refractivity contribution is 5.98. The molecule has 0 fully saturated rings. The van der Waals surface area contributed by atoms with Crippen molar-refractivity contribution in [2.24, 2.45) is 14.1 Å². The number of aryl methyl sites for hydroxylation is 3. The summed E-state index contributed by atoms with van der Waals surface area (Å²) in [6.07, 6.45) is 3.91. The van der Waals surface area contributed by atoms with E-state index in [-0.39, 0.29) is 5.56 Å². The Morgan fingerprint density at radius 2 is 1.75 bits per heavy atom. The Morgan fingerprint density at radius 1 is 0.938 bits per heavy atom. The fourth-order valence-corrected chi connectivity index (χ4v) is 4.57. The number of hydrogen-bond acceptors (Lipinski definition) is 5. The molecule has 0 radical (unpaired) electrons. The number of anilines is 3. The zero-order valence-electron chi connectivity index (χ0n) is 19.1. The molecule has 0 amide bonds. The minimum atomic E-state index is 0.00865. The lowest BCUT2D eigenvalue weighted by Gasteiger charge is -2.38. The standard InChI is InChI=1S/C25H27N5O2/c1-16-10-20-22(29(4)25(16)31)12-19(32-5)13-23(20)30-9-8-27(2)21-7-6-17(11-24(21)30)18-14-26-28(3)15-18/h6-7,10-15H,8-9H2,1-5H3. The first-order valence-electron chi connectivity index (χ1n) is 10.7. The molecule has 0 N–H and O–H groups in total. The van der Waals surface area contributed by atoms with Crippen LogP contribution in [0.25, 0.3) is 22.0 Å². The molecule has 0 unspecified atom stereocenters. The van der Waals surface area contributed by atoms with Crippen molar-refractivity contribution in [3.05, 3.63) is 64.7 Å². The predicted octanol–water partition coefficient (Wildman–Crippen LogP) is 3.84. The van der Waals surface area contributed by atoms with Gasteiger partial charge in [-0.05, 0) is 30.7 Å². The highest BCUT2D eigenvalue weighted by atomic mass is 16.5. The van der Waals surface area contributed by atoms with Crippen molar-refractivity contribution in [3.63, 3.8) is 0 Å². The minimum Gasteiger partial charge on any atom is -0.497 e. The molecule has 164 valence electrons. The summed E-state index contributed by atoms with van der Waals surface area (Å²) in [5.74, 6) is 0.732. The average Bonchev–Trinajstić information content (AvgIpc) is 3.23. The van der Waals surface area contributed by atoms with Gasteiger partial charge in [0.15, 0.2) is 0 Å². The molecule has 2 aromatic heterocycles. The quantitative estimate of drug-likeness (QED) is 0.495. The molecule has 5 rings (SSSR count). The summed E-state index contributed by atoms with van der Waals surface area (Å²) in [5.41, 5.74) is 7.13. The average molecular weight is 430 g/mol. The summed E-state index contributed by atoms with van der Waals surface area (Å²) < 4.78 is 9.15. The first-order valence-corrected chi connectivity index (χ1v) is 10.7. The summed E-state index contributed by atoms with van der Waals surface area (Å²) in [4.78, 5) is 17.2. The molecular formula is C25H27N5O2. The number of methoxy groups -OCH3 is 1. The summed E-state index contributed by atoms with van der Waals surface area (Å²) >= 11 is 0. The van der Waals surface area contributed by atoms with E-state index in [1.54, 1.807) is 11.7 Å². The fraction of sp³-hybridized carbons (Fsp3) is 0.280. The van der Waals surface area contributed by atoms with E-state index in [1.807, 2.05) is 50.2 Å². The molecule has 32 heavy (non-hydrogen) atoms. The molecule has 3 heterocycles. The second-order valence-corrected chi connectivity index (χ2v) is 8.45. The Morgan fingerprint density at radius 3 is 2.47 bits per heavy atom. The maximum atomic E-state index is 12.6. The van der Waals surface area contributed by atoms with Crippen LogP contribution in [0.2, 0.25) is 0 Å². The van der Waals surface area contributed by atoms with Crippen LogP contribution >= 0.6 is 0 Å². The monoisotopic (exact) mass is 429 g/mol. The third-order valence-electron chi connectivity index (χ3n) is 6.38. The van der Waals surface area contributed by atoms with Crippen molar-refractivity contribution in [1.82, 2.24) is 14.3 Å². The molecule has 1 aliphatic heterocycles. The second kappa shape index (κ2) is 7.44. The van der Waals surface area contributed by atoms with Gasteiger partial charge in [-0.1, -0.05) is 6.07 Å². The van der Waals surface area contributed by atoms with Crippen LogP contribution in [-0.2, 0) is 14.1 Å². The SMILES string of the molecule is COc1cc(N2CCN(C)c3ccc(-c4cnn(C)c4)cc32)c2cc(C)c(=O)n(C)c2c1. The second-order valence-electron chi connectivity index (χ2n) is 8.45. The van der Waals surface area contributed by atoms with Gasteiger partial charge in [0.25, 0.3) is 5.56 Å². The van der Waals surface area contributed by atoms with E-state index in [1.165, 1.54) is 5.69 Å². The molecule has 0 saturated heterocycles. The lowest BCUT2D eigenvalue weighted by Crippen LogP contribution is -2.36. The highest BCUT2D eigenvalue weighted by Gasteiger charge is 2.25. The van der Waals surface area contributed by atoms with Crippen LogP contribution < -0.4 is 20.1 Å². The van der Waals surface area contributed by atoms with Crippen molar-refractivity contribution in [3.8, 4) is 16.9 Å². The third-order valence-corrected chi connectivity index (χ3v) is 6.38. The van der Waals surface area contributed by atoms with Crippen molar-refractivity contribution in [2.45, 2.75) is 6.92 Å². The van der Waals surface area contributed by atoms with Gasteiger partial charge in [0.2, 0.25) is 0 Å². The molecule has 0 bridgehead atoms. The number of nitrogens with zero attached hydrogens (tertiary/aromatic N) is 5. The predicted molar refractivity (Wildman–Crippen MR) is 129 cm³/mol. The number of pyridine rings is 1. The Labute approximate surface area is 187 Å². The van der Waals surface area contributed by atoms with Crippen LogP contribution in [0.5, 0.6) is 5.75 Å². The maximum Gasteiger partial charge on any atom is 0.253 e. The van der Waals surface area contributed by atoms with E-state index in [2.05, 4.69) is 46.2 Å². The number of likely N-dealkylation sites (N-methyl/N-ethyl adjacent to an activating group) is 1. The summed E-state index contributed by atoms with van der Waals surface area (Å²) in [7, 11) is 7.53. The summed E-state index contributed by atoms with van der Waals surface area (Å²) in [6, 6.07) is 12.5. The molecule has 7 heteroatoms. The Kier molecular flexibility index (Phi) is 4.69. The summed E-state index contributed by atoms with van der Waals surface area (Å²) in [5, 5.41) is 5.37. The number of hydrogen-bond donors (Lipinski definition) is 0. The van der Waals surface area contributed by atoms with Gasteiger partial charge in [-0.15, -0.1) is 0 Å². The van der Waals surface area contributed by atoms with E-state index in [4.69, 9.17) is 4.74 Å². The molecule has 0 atom stereocenters. The fourth-order valence-electron chi connectivity index (χ4n) is 4.57. The number of fused-ring (bicyclic) bond motifs is 2. The van der Waals surface area contributed by atoms with E-state index in [0.29, 0.717) is 0 Å². The third kappa shape index (κ3) is 3.12. The first kappa shape index (κ1) is 20.2. The van der Waals surface area contributed by atoms with Crippen LogP contribution in [0.4, 0.5) is 17.1 Å². The molecule has 1 aliphatic rings. The molecule has 0 spiro atoms. The first-order chi connectivity index (χ1) is 15.4. The minimum absolute atomic E-state index is 0.00865. The maximum absolute atomic E-state index is 12.6. The van der Waals surface area contributed by atoms with Crippen molar-refractivity contribution < 1.29 is 4.74 Å². The van der Waals surface area contributed by atoms with Gasteiger partial charge in [0.05, 0.1) is 35.9 Å². The van der Waals surface area contributed by atoms with E-state index >= 15 is 0 Å². The largest absolute Gasteiger partial charge is 0.497 e. The van der Waals surface area contributed by atoms with Crippen LogP contribution in [0, 0.1) is 6.92 Å². The van der Waals surface area contributed by atoms with Crippen molar-refractivity contribution in [1.29, 1.82) is 0 Å². The Hall–Kier alpha value is -3.74. The van der Waals surface area contributed by atoms with Gasteiger partial charge >= 0.3 is 0 Å². The van der Waals surface area contributed by atoms with Gasteiger partial charge in [0, 0.05) is 69.1 Å². The van der Waals surface area contributed by atoms with Gasteiger partial charge in [-0.2, -0.15) is 5.10 Å². The molecular weight excluding hydrogens is 402 g/mol. The van der Waals surface area contributed by atoms with Crippen LogP contribution in [0.3, 0.4) is 0 Å². The van der Waals surface area contributed by atoms with Crippen LogP contribution in [0.15, 0.2) is 53.6 Å². The lowest BCUT2D eigenvalue weighted by molar-refractivity contribution is 0.415. The molecule has 0 saturated carbocycles. The van der Waals surface area contributed by atoms with E-state index < -0.39 is 0 Å². The molecule has 2 aromatic carbocycles. The van der Waals surface area contributed by atoms with E-state index in [0.717, 1.165) is 57.8 Å². The van der Waals surface area contributed by atoms with Crippen molar-refractivity contribution >= 4 is 28.0 Å². The van der Waals surface area contributed by atoms with Gasteiger partial charge in [0.1, 0.15) is 5.75 Å². The summed E-state index contributed by atoms with van der Waals surface area (Å²) in [6.45, 7) is 3.58. The normalized spacial score (nSPS) is 13.5. The number of rotatable bonds is 3. The molecule has 7 nitrogen and oxygen atoms in total. The van der Waals surface area contributed by atoms with Gasteiger partial charge in [-0.3, -0.25) is 9.48 Å². The zero-order valence-corrected chi connectivity index (χ0v) is 19.1. The van der Waals surface area contributed by atoms with E-state index in [9.17, 15) is 4.79 Å². The van der Waals surface area contributed by atoms with Crippen molar-refractivity contribution in [2.75, 3.05) is 37.0 Å². The molecule has 4 aromatic rings. The topological polar surface area (TPSA) is 55.5 Å². The van der Waals surface area contributed by atoms with Gasteiger partial charge in [-0.25, -0.2) is 0 Å². The Bertz CT molecular complexity index is 1400. The van der Waals surface area contributed by atoms with Crippen LogP contribution in [-0.4, -0.2) is 41.6 Å². The molecule has 0 aliphatic carbocycles. The number of benzene rings is 2.